The molecule has 22 heavy (non-hydrogen) atoms. The van der Waals surface area contributed by atoms with Gasteiger partial charge in [-0.25, -0.2) is 4.18 Å². The first kappa shape index (κ1) is 17.1. The third-order valence-corrected chi connectivity index (χ3v) is 3.48. The highest BCUT2D eigenvalue weighted by atomic mass is 32.3. The van der Waals surface area contributed by atoms with Gasteiger partial charge in [0.25, 0.3) is 0 Å². The lowest BCUT2D eigenvalue weighted by Gasteiger charge is -2.39. The van der Waals surface area contributed by atoms with Crippen molar-refractivity contribution in [2.24, 2.45) is 0 Å². The van der Waals surface area contributed by atoms with Gasteiger partial charge in [-0.15, -0.1) is 0 Å². The van der Waals surface area contributed by atoms with Crippen LogP contribution < -0.4 is 4.74 Å². The maximum atomic E-state index is 10.6. The Kier molecular flexibility index (Phi) is 5.34. The van der Waals surface area contributed by atoms with Gasteiger partial charge in [0, 0.05) is 0 Å². The van der Waals surface area contributed by atoms with E-state index in [-0.39, 0.29) is 0 Å². The summed E-state index contributed by atoms with van der Waals surface area (Å²) >= 11 is 0. The van der Waals surface area contributed by atoms with E-state index in [1.807, 2.05) is 0 Å². The molecule has 0 aliphatic carbocycles. The van der Waals surface area contributed by atoms with Gasteiger partial charge in [0.1, 0.15) is 30.2 Å². The molecule has 1 aromatic carbocycles. The molecule has 2 rings (SSSR count). The lowest BCUT2D eigenvalue weighted by molar-refractivity contribution is -0.276. The molecule has 1 saturated heterocycles. The summed E-state index contributed by atoms with van der Waals surface area (Å²) in [6.07, 6.45) is -7.49. The normalized spacial score (nSPS) is 32.6. The van der Waals surface area contributed by atoms with Crippen LogP contribution in [0.2, 0.25) is 0 Å². The number of aliphatic hydroxyl groups is 3. The summed E-state index contributed by atoms with van der Waals surface area (Å²) in [7, 11) is -4.73. The van der Waals surface area contributed by atoms with E-state index in [4.69, 9.17) is 14.0 Å². The van der Waals surface area contributed by atoms with Crippen LogP contribution in [0.15, 0.2) is 30.3 Å². The van der Waals surface area contributed by atoms with Crippen molar-refractivity contribution >= 4 is 10.4 Å². The largest absolute Gasteiger partial charge is 0.462 e. The highest BCUT2D eigenvalue weighted by Crippen LogP contribution is 2.24. The summed E-state index contributed by atoms with van der Waals surface area (Å²) in [5.41, 5.74) is 0. The van der Waals surface area contributed by atoms with Crippen LogP contribution in [0.5, 0.6) is 5.75 Å². The highest BCUT2D eigenvalue weighted by Gasteiger charge is 2.45. The summed E-state index contributed by atoms with van der Waals surface area (Å²) in [4.78, 5) is 0. The number of para-hydroxylation sites is 1. The van der Waals surface area contributed by atoms with Crippen LogP contribution in [0.1, 0.15) is 0 Å². The van der Waals surface area contributed by atoms with Crippen molar-refractivity contribution in [3.05, 3.63) is 30.3 Å². The van der Waals surface area contributed by atoms with Gasteiger partial charge in [0.05, 0.1) is 6.61 Å². The maximum absolute atomic E-state index is 10.6. The Morgan fingerprint density at radius 2 is 1.68 bits per heavy atom. The van der Waals surface area contributed by atoms with E-state index in [0.717, 1.165) is 0 Å². The molecule has 0 unspecified atom stereocenters. The second-order valence-electron chi connectivity index (χ2n) is 4.66. The van der Waals surface area contributed by atoms with Gasteiger partial charge in [0.15, 0.2) is 0 Å². The molecule has 0 aromatic heterocycles. The predicted octanol–water partition coefficient (Wildman–Crippen LogP) is -1.31. The zero-order valence-corrected chi connectivity index (χ0v) is 12.0. The van der Waals surface area contributed by atoms with E-state index in [0.29, 0.717) is 5.75 Å². The van der Waals surface area contributed by atoms with Crippen LogP contribution in [-0.4, -0.2) is 65.6 Å². The van der Waals surface area contributed by atoms with E-state index in [9.17, 15) is 23.7 Å². The second-order valence-corrected chi connectivity index (χ2v) is 5.75. The van der Waals surface area contributed by atoms with Crippen LogP contribution in [0.4, 0.5) is 0 Å². The van der Waals surface area contributed by atoms with E-state index in [2.05, 4.69) is 4.18 Å². The lowest BCUT2D eigenvalue weighted by Crippen LogP contribution is -2.60. The molecule has 0 saturated carbocycles. The molecule has 124 valence electrons. The lowest BCUT2D eigenvalue weighted by atomic mass is 9.99. The first-order chi connectivity index (χ1) is 10.3. The Hall–Kier alpha value is -1.27. The van der Waals surface area contributed by atoms with E-state index < -0.39 is 47.7 Å². The van der Waals surface area contributed by atoms with Crippen LogP contribution in [-0.2, 0) is 19.3 Å². The standard InChI is InChI=1S/C12H16O9S/c13-9-8(6-19-22(16,17)18)21-12(11(15)10(9)14)20-7-4-2-1-3-5-7/h1-5,8-15H,6H2,(H,16,17,18)/t8-,9-,10+,11-,12-/m1/s1. The minimum atomic E-state index is -4.73. The van der Waals surface area contributed by atoms with Gasteiger partial charge in [-0.2, -0.15) is 8.42 Å². The van der Waals surface area contributed by atoms with Gasteiger partial charge in [-0.1, -0.05) is 18.2 Å². The molecule has 1 heterocycles. The van der Waals surface area contributed by atoms with Crippen LogP contribution in [0.25, 0.3) is 0 Å². The quantitative estimate of drug-likeness (QED) is 0.482. The van der Waals surface area contributed by atoms with Gasteiger partial charge in [-0.3, -0.25) is 4.55 Å². The Balaban J connectivity index is 2.06. The first-order valence-corrected chi connectivity index (χ1v) is 7.67. The first-order valence-electron chi connectivity index (χ1n) is 6.31. The maximum Gasteiger partial charge on any atom is 0.397 e. The fourth-order valence-corrected chi connectivity index (χ4v) is 2.24. The molecule has 1 aliphatic rings. The molecule has 9 nitrogen and oxygen atoms in total. The smallest absolute Gasteiger partial charge is 0.397 e. The number of benzene rings is 1. The molecule has 5 atom stereocenters. The van der Waals surface area contributed by atoms with Gasteiger partial charge in [0.2, 0.25) is 6.29 Å². The Labute approximate surface area is 126 Å². The molecule has 1 aromatic rings. The van der Waals surface area contributed by atoms with E-state index >= 15 is 0 Å². The molecule has 10 heteroatoms. The number of aliphatic hydroxyl groups excluding tert-OH is 3. The van der Waals surface area contributed by atoms with Gasteiger partial charge < -0.3 is 24.8 Å². The molecular weight excluding hydrogens is 320 g/mol. The number of ether oxygens (including phenoxy) is 2. The SMILES string of the molecule is O=S(=O)(O)OC[C@H]1O[C@@H](Oc2ccccc2)[C@H](O)[C@@H](O)[C@@H]1O. The topological polar surface area (TPSA) is 143 Å². The highest BCUT2D eigenvalue weighted by molar-refractivity contribution is 7.80. The van der Waals surface area contributed by atoms with Crippen molar-refractivity contribution in [3.8, 4) is 5.75 Å². The van der Waals surface area contributed by atoms with Gasteiger partial charge in [-0.05, 0) is 12.1 Å². The van der Waals surface area contributed by atoms with Crippen molar-refractivity contribution in [3.63, 3.8) is 0 Å². The molecule has 1 aliphatic heterocycles. The number of hydrogen-bond donors (Lipinski definition) is 4. The summed E-state index contributed by atoms with van der Waals surface area (Å²) in [5.74, 6) is 0.338. The van der Waals surface area contributed by atoms with Crippen molar-refractivity contribution in [1.29, 1.82) is 0 Å². The summed E-state index contributed by atoms with van der Waals surface area (Å²) in [5, 5.41) is 29.4. The zero-order chi connectivity index (χ0) is 16.3. The Morgan fingerprint density at radius 3 is 2.27 bits per heavy atom. The van der Waals surface area contributed by atoms with Crippen molar-refractivity contribution in [2.45, 2.75) is 30.7 Å². The van der Waals surface area contributed by atoms with E-state index in [1.165, 1.54) is 0 Å². The summed E-state index contributed by atoms with van der Waals surface area (Å²) in [6.45, 7) is -0.752. The average Bonchev–Trinajstić information content (AvgIpc) is 2.47. The number of hydrogen-bond acceptors (Lipinski definition) is 8. The van der Waals surface area contributed by atoms with Crippen LogP contribution in [0.3, 0.4) is 0 Å². The predicted molar refractivity (Wildman–Crippen MR) is 71.3 cm³/mol. The molecule has 0 radical (unpaired) electrons. The minimum absolute atomic E-state index is 0.338. The average molecular weight is 336 g/mol. The monoisotopic (exact) mass is 336 g/mol. The van der Waals surface area contributed by atoms with Crippen molar-refractivity contribution < 1.29 is 41.9 Å². The molecule has 4 N–H and O–H groups in total. The third kappa shape index (κ3) is 4.36. The Bertz CT molecular complexity index is 576. The van der Waals surface area contributed by atoms with Crippen molar-refractivity contribution in [1.82, 2.24) is 0 Å². The second kappa shape index (κ2) is 6.87. The molecule has 0 spiro atoms. The third-order valence-electron chi connectivity index (χ3n) is 3.05. The number of rotatable bonds is 5. The molecule has 0 amide bonds. The van der Waals surface area contributed by atoms with Gasteiger partial charge >= 0.3 is 10.4 Å². The molecular formula is C12H16O9S. The minimum Gasteiger partial charge on any atom is -0.462 e. The van der Waals surface area contributed by atoms with Crippen LogP contribution in [0, 0.1) is 0 Å². The zero-order valence-electron chi connectivity index (χ0n) is 11.2. The van der Waals surface area contributed by atoms with Crippen LogP contribution >= 0.6 is 0 Å². The summed E-state index contributed by atoms with van der Waals surface area (Å²) < 4.78 is 44.3. The molecule has 0 bridgehead atoms. The van der Waals surface area contributed by atoms with E-state index in [1.54, 1.807) is 30.3 Å². The molecule has 1 fully saturated rings. The fraction of sp³-hybridized carbons (Fsp3) is 0.500. The van der Waals surface area contributed by atoms with Crippen molar-refractivity contribution in [2.75, 3.05) is 6.61 Å². The Morgan fingerprint density at radius 1 is 1.05 bits per heavy atom. The summed E-state index contributed by atoms with van der Waals surface area (Å²) in [6, 6.07) is 8.25. The fourth-order valence-electron chi connectivity index (χ4n) is 1.94.